The zero-order chi connectivity index (χ0) is 25.5. The molecule has 0 spiro atoms. The number of carbonyl (C=O) groups excluding carboxylic acids is 2. The second-order valence-electron chi connectivity index (χ2n) is 8.07. The number of nitrogens with zero attached hydrogens (tertiary/aromatic N) is 4. The largest absolute Gasteiger partial charge is 0.343 e. The van der Waals surface area contributed by atoms with Gasteiger partial charge in [0.05, 0.1) is 0 Å². The molecule has 1 saturated heterocycles. The normalized spacial score (nSPS) is 14.8. The van der Waals surface area contributed by atoms with Crippen LogP contribution in [0.3, 0.4) is 0 Å². The van der Waals surface area contributed by atoms with Crippen molar-refractivity contribution in [1.82, 2.24) is 10.2 Å². The van der Waals surface area contributed by atoms with Crippen LogP contribution in [0.2, 0.25) is 5.02 Å². The lowest BCUT2D eigenvalue weighted by Gasteiger charge is -2.21. The predicted molar refractivity (Wildman–Crippen MR) is 141 cm³/mol. The van der Waals surface area contributed by atoms with Gasteiger partial charge in [-0.3, -0.25) is 4.79 Å². The topological polar surface area (TPSA) is 113 Å². The van der Waals surface area contributed by atoms with Crippen LogP contribution in [-0.2, 0) is 4.79 Å². The van der Waals surface area contributed by atoms with Gasteiger partial charge in [0.15, 0.2) is 0 Å². The van der Waals surface area contributed by atoms with E-state index in [9.17, 15) is 9.59 Å². The molecular formula is C26H24ClN7O2. The minimum absolute atomic E-state index is 0.396. The summed E-state index contributed by atoms with van der Waals surface area (Å²) in [4.78, 5) is 33.6. The number of guanidine groups is 1. The number of likely N-dealkylation sites (N-methyl/N-ethyl adjacent to an activating group) is 1. The van der Waals surface area contributed by atoms with Crippen LogP contribution < -0.4 is 20.9 Å². The standard InChI is InChI=1S/C26H24ClN7O2/c1-33-15-16-34(26(33)29-17-28)22-13-11-20(12-14-22)30-24(35)23(18-5-3-2-4-6-18)32-25(36)31-21-9-7-19(27)8-10-21/h2-14,23H,15-16H2,1H3,(H,30,35)(H2,31,32,36). The molecule has 0 aliphatic carbocycles. The maximum absolute atomic E-state index is 13.2. The fourth-order valence-corrected chi connectivity index (χ4v) is 3.93. The summed E-state index contributed by atoms with van der Waals surface area (Å²) >= 11 is 5.90. The van der Waals surface area contributed by atoms with Gasteiger partial charge in [-0.25, -0.2) is 4.79 Å². The Morgan fingerprint density at radius 2 is 1.58 bits per heavy atom. The van der Waals surface area contributed by atoms with E-state index in [2.05, 4.69) is 20.9 Å². The first-order valence-electron chi connectivity index (χ1n) is 11.2. The number of carbonyl (C=O) groups is 2. The first-order valence-corrected chi connectivity index (χ1v) is 11.6. The molecule has 0 aromatic heterocycles. The Bertz CT molecular complexity index is 1290. The van der Waals surface area contributed by atoms with E-state index in [1.165, 1.54) is 0 Å². The summed E-state index contributed by atoms with van der Waals surface area (Å²) in [6.07, 6.45) is 1.84. The molecule has 1 aliphatic rings. The quantitative estimate of drug-likeness (QED) is 0.432. The molecule has 3 aromatic carbocycles. The van der Waals surface area contributed by atoms with Crippen LogP contribution in [0.5, 0.6) is 0 Å². The second kappa shape index (κ2) is 11.3. The van der Waals surface area contributed by atoms with Gasteiger partial charge in [-0.15, -0.1) is 4.99 Å². The van der Waals surface area contributed by atoms with Gasteiger partial charge in [-0.05, 0) is 54.1 Å². The number of anilines is 3. The van der Waals surface area contributed by atoms with Crippen molar-refractivity contribution < 1.29 is 9.59 Å². The van der Waals surface area contributed by atoms with Crippen molar-refractivity contribution in [3.05, 3.63) is 89.4 Å². The van der Waals surface area contributed by atoms with Gasteiger partial charge in [0.2, 0.25) is 12.2 Å². The third-order valence-corrected chi connectivity index (χ3v) is 5.86. The Morgan fingerprint density at radius 3 is 2.25 bits per heavy atom. The fourth-order valence-electron chi connectivity index (χ4n) is 3.81. The van der Waals surface area contributed by atoms with Gasteiger partial charge in [0.1, 0.15) is 6.04 Å². The number of aliphatic imine (C=N–C) groups is 1. The Hall–Kier alpha value is -4.55. The lowest BCUT2D eigenvalue weighted by atomic mass is 10.1. The zero-order valence-corrected chi connectivity index (χ0v) is 20.2. The summed E-state index contributed by atoms with van der Waals surface area (Å²) in [7, 11) is 1.88. The lowest BCUT2D eigenvalue weighted by molar-refractivity contribution is -0.118. The van der Waals surface area contributed by atoms with Crippen molar-refractivity contribution in [1.29, 1.82) is 5.26 Å². The van der Waals surface area contributed by atoms with E-state index < -0.39 is 18.0 Å². The Balaban J connectivity index is 1.47. The molecule has 1 atom stereocenters. The number of hydrogen-bond donors (Lipinski definition) is 3. The van der Waals surface area contributed by atoms with Gasteiger partial charge in [-0.1, -0.05) is 41.9 Å². The number of benzene rings is 3. The molecule has 0 radical (unpaired) electrons. The average molecular weight is 502 g/mol. The third kappa shape index (κ3) is 5.92. The van der Waals surface area contributed by atoms with E-state index in [0.717, 1.165) is 12.2 Å². The Labute approximate surface area is 214 Å². The van der Waals surface area contributed by atoms with Gasteiger partial charge in [0, 0.05) is 42.2 Å². The van der Waals surface area contributed by atoms with Crippen LogP contribution in [0.4, 0.5) is 21.9 Å². The Kier molecular flexibility index (Phi) is 7.68. The maximum Gasteiger partial charge on any atom is 0.320 e. The van der Waals surface area contributed by atoms with Crippen LogP contribution in [0.15, 0.2) is 83.9 Å². The van der Waals surface area contributed by atoms with E-state index in [-0.39, 0.29) is 0 Å². The highest BCUT2D eigenvalue weighted by molar-refractivity contribution is 6.30. The highest BCUT2D eigenvalue weighted by Crippen LogP contribution is 2.23. The second-order valence-corrected chi connectivity index (χ2v) is 8.51. The fraction of sp³-hybridized carbons (Fsp3) is 0.154. The van der Waals surface area contributed by atoms with Crippen LogP contribution in [0.25, 0.3) is 0 Å². The molecule has 4 rings (SSSR count). The third-order valence-electron chi connectivity index (χ3n) is 5.61. The van der Waals surface area contributed by atoms with Crippen molar-refractivity contribution in [2.45, 2.75) is 6.04 Å². The number of nitriles is 1. The lowest BCUT2D eigenvalue weighted by Crippen LogP contribution is -2.39. The minimum atomic E-state index is -0.931. The predicted octanol–water partition coefficient (Wildman–Crippen LogP) is 4.43. The van der Waals surface area contributed by atoms with Crippen LogP contribution in [0.1, 0.15) is 11.6 Å². The number of nitrogens with one attached hydrogen (secondary N) is 3. The number of hydrogen-bond acceptors (Lipinski definition) is 4. The molecule has 182 valence electrons. The van der Waals surface area contributed by atoms with Gasteiger partial charge < -0.3 is 25.8 Å². The maximum atomic E-state index is 13.2. The summed E-state index contributed by atoms with van der Waals surface area (Å²) < 4.78 is 0. The van der Waals surface area contributed by atoms with Gasteiger partial charge in [0.25, 0.3) is 5.91 Å². The van der Waals surface area contributed by atoms with Crippen LogP contribution in [-0.4, -0.2) is 42.9 Å². The highest BCUT2D eigenvalue weighted by Gasteiger charge is 2.26. The van der Waals surface area contributed by atoms with Crippen LogP contribution in [0, 0.1) is 11.5 Å². The van der Waals surface area contributed by atoms with Gasteiger partial charge >= 0.3 is 6.03 Å². The van der Waals surface area contributed by atoms with E-state index >= 15 is 0 Å². The molecule has 3 amide bonds. The Morgan fingerprint density at radius 1 is 0.944 bits per heavy atom. The molecule has 3 N–H and O–H groups in total. The molecule has 1 heterocycles. The molecular weight excluding hydrogens is 478 g/mol. The summed E-state index contributed by atoms with van der Waals surface area (Å²) in [5.74, 6) is 0.183. The number of urea groups is 1. The van der Waals surface area contributed by atoms with Crippen molar-refractivity contribution in [3.63, 3.8) is 0 Å². The van der Waals surface area contributed by atoms with Crippen LogP contribution >= 0.6 is 11.6 Å². The van der Waals surface area contributed by atoms with E-state index in [4.69, 9.17) is 16.9 Å². The van der Waals surface area contributed by atoms with Crippen molar-refractivity contribution in [3.8, 4) is 6.19 Å². The van der Waals surface area contributed by atoms with E-state index in [1.807, 2.05) is 41.2 Å². The van der Waals surface area contributed by atoms with Crippen molar-refractivity contribution in [2.75, 3.05) is 35.7 Å². The average Bonchev–Trinajstić information content (AvgIpc) is 3.25. The zero-order valence-electron chi connectivity index (χ0n) is 19.5. The van der Waals surface area contributed by atoms with Crippen molar-refractivity contribution >= 4 is 46.6 Å². The first kappa shape index (κ1) is 24.6. The molecule has 3 aromatic rings. The molecule has 1 unspecified atom stereocenters. The molecule has 36 heavy (non-hydrogen) atoms. The minimum Gasteiger partial charge on any atom is -0.343 e. The number of rotatable bonds is 6. The molecule has 1 aliphatic heterocycles. The van der Waals surface area contributed by atoms with E-state index in [1.54, 1.807) is 60.7 Å². The number of halogens is 1. The van der Waals surface area contributed by atoms with E-state index in [0.29, 0.717) is 34.5 Å². The molecule has 0 saturated carbocycles. The van der Waals surface area contributed by atoms with Gasteiger partial charge in [-0.2, -0.15) is 5.26 Å². The molecule has 1 fully saturated rings. The summed E-state index contributed by atoms with van der Waals surface area (Å²) in [6, 6.07) is 21.4. The smallest absolute Gasteiger partial charge is 0.320 e. The monoisotopic (exact) mass is 501 g/mol. The first-order chi connectivity index (χ1) is 17.4. The summed E-state index contributed by atoms with van der Waals surface area (Å²) in [5.41, 5.74) is 2.60. The summed E-state index contributed by atoms with van der Waals surface area (Å²) in [5, 5.41) is 17.9. The molecule has 9 nitrogen and oxygen atoms in total. The molecule has 0 bridgehead atoms. The number of amides is 3. The SMILES string of the molecule is CN1CCN(c2ccc(NC(=O)C(NC(=O)Nc3ccc(Cl)cc3)c3ccccc3)cc2)C1=NC#N. The summed E-state index contributed by atoms with van der Waals surface area (Å²) in [6.45, 7) is 1.45. The highest BCUT2D eigenvalue weighted by atomic mass is 35.5. The van der Waals surface area contributed by atoms with Crippen molar-refractivity contribution in [2.24, 2.45) is 4.99 Å². The molecule has 10 heteroatoms.